The van der Waals surface area contributed by atoms with Crippen molar-refractivity contribution in [3.63, 3.8) is 0 Å². The molecule has 24 heavy (non-hydrogen) atoms. The van der Waals surface area contributed by atoms with Crippen molar-refractivity contribution in [3.05, 3.63) is 59.2 Å². The van der Waals surface area contributed by atoms with Crippen LogP contribution in [0.2, 0.25) is 0 Å². The molecule has 4 rings (SSSR count). The Bertz CT molecular complexity index is 787. The number of rotatable bonds is 2. The van der Waals surface area contributed by atoms with Crippen molar-refractivity contribution in [3.8, 4) is 17.2 Å². The highest BCUT2D eigenvalue weighted by Crippen LogP contribution is 2.44. The summed E-state index contributed by atoms with van der Waals surface area (Å²) in [6.07, 6.45) is 6.28. The number of hydrogen-bond donors (Lipinski definition) is 0. The van der Waals surface area contributed by atoms with Crippen LogP contribution in [0.5, 0.6) is 17.2 Å². The molecule has 0 aromatic heterocycles. The topological polar surface area (TPSA) is 27.7 Å². The van der Waals surface area contributed by atoms with Crippen molar-refractivity contribution >= 4 is 6.08 Å². The molecular formula is C21H22O3. The highest BCUT2D eigenvalue weighted by Gasteiger charge is 2.29. The first kappa shape index (κ1) is 15.1. The Kier molecular flexibility index (Phi) is 3.52. The Morgan fingerprint density at radius 1 is 1.08 bits per heavy atom. The van der Waals surface area contributed by atoms with Gasteiger partial charge in [0.1, 0.15) is 29.0 Å². The normalized spacial score (nSPS) is 20.4. The zero-order valence-electron chi connectivity index (χ0n) is 14.3. The molecule has 0 saturated heterocycles. The van der Waals surface area contributed by atoms with Gasteiger partial charge in [0.2, 0.25) is 0 Å². The SMILES string of the molecule is COc1ccc([C@@H]2CCc3ccc4c(c3O2)C=CC(C)(C)O4)cc1. The van der Waals surface area contributed by atoms with E-state index in [0.717, 1.165) is 35.7 Å². The van der Waals surface area contributed by atoms with Crippen molar-refractivity contribution < 1.29 is 14.2 Å². The van der Waals surface area contributed by atoms with Crippen LogP contribution in [0.4, 0.5) is 0 Å². The lowest BCUT2D eigenvalue weighted by atomic mass is 9.93. The van der Waals surface area contributed by atoms with Crippen LogP contribution in [0.15, 0.2) is 42.5 Å². The number of aryl methyl sites for hydroxylation is 1. The molecule has 0 fully saturated rings. The first-order chi connectivity index (χ1) is 11.6. The quantitative estimate of drug-likeness (QED) is 0.783. The summed E-state index contributed by atoms with van der Waals surface area (Å²) in [5, 5.41) is 0. The second-order valence-electron chi connectivity index (χ2n) is 6.92. The maximum Gasteiger partial charge on any atom is 0.134 e. The molecule has 2 aliphatic heterocycles. The van der Waals surface area contributed by atoms with Gasteiger partial charge >= 0.3 is 0 Å². The van der Waals surface area contributed by atoms with Crippen LogP contribution >= 0.6 is 0 Å². The molecule has 0 aliphatic carbocycles. The van der Waals surface area contributed by atoms with E-state index in [0.29, 0.717) is 0 Å². The minimum Gasteiger partial charge on any atom is -0.497 e. The molecule has 2 aromatic rings. The van der Waals surface area contributed by atoms with Crippen molar-refractivity contribution in [1.29, 1.82) is 0 Å². The molecule has 2 heterocycles. The van der Waals surface area contributed by atoms with Crippen LogP contribution in [-0.2, 0) is 6.42 Å². The van der Waals surface area contributed by atoms with E-state index in [1.807, 2.05) is 12.1 Å². The van der Waals surface area contributed by atoms with Gasteiger partial charge in [-0.25, -0.2) is 0 Å². The van der Waals surface area contributed by atoms with Crippen LogP contribution in [-0.4, -0.2) is 12.7 Å². The van der Waals surface area contributed by atoms with Gasteiger partial charge in [0, 0.05) is 0 Å². The highest BCUT2D eigenvalue weighted by atomic mass is 16.5. The molecule has 0 saturated carbocycles. The van der Waals surface area contributed by atoms with Gasteiger partial charge in [-0.05, 0) is 68.2 Å². The Labute approximate surface area is 142 Å². The number of benzene rings is 2. The van der Waals surface area contributed by atoms with E-state index >= 15 is 0 Å². The maximum atomic E-state index is 6.39. The van der Waals surface area contributed by atoms with Gasteiger partial charge in [0.05, 0.1) is 12.7 Å². The van der Waals surface area contributed by atoms with Gasteiger partial charge in [-0.2, -0.15) is 0 Å². The second kappa shape index (κ2) is 5.59. The van der Waals surface area contributed by atoms with E-state index in [4.69, 9.17) is 14.2 Å². The van der Waals surface area contributed by atoms with Crippen molar-refractivity contribution in [2.45, 2.75) is 38.4 Å². The molecule has 0 radical (unpaired) electrons. The summed E-state index contributed by atoms with van der Waals surface area (Å²) in [5.41, 5.74) is 3.22. The molecule has 2 aromatic carbocycles. The van der Waals surface area contributed by atoms with Gasteiger partial charge in [-0.1, -0.05) is 18.2 Å². The number of ether oxygens (including phenoxy) is 3. The van der Waals surface area contributed by atoms with Crippen LogP contribution in [0.1, 0.15) is 43.1 Å². The van der Waals surface area contributed by atoms with E-state index in [9.17, 15) is 0 Å². The molecule has 1 atom stereocenters. The first-order valence-corrected chi connectivity index (χ1v) is 8.40. The van der Waals surface area contributed by atoms with Gasteiger partial charge in [0.15, 0.2) is 0 Å². The standard InChI is InChI=1S/C21H22O3/c1-21(2)13-12-17-19(24-21)11-7-15-6-10-18(23-20(15)17)14-4-8-16(22-3)9-5-14/h4-5,7-9,11-13,18H,6,10H2,1-3H3/t18-/m0/s1. The zero-order chi connectivity index (χ0) is 16.7. The molecule has 0 unspecified atom stereocenters. The Morgan fingerprint density at radius 2 is 1.88 bits per heavy atom. The van der Waals surface area contributed by atoms with Gasteiger partial charge in [-0.3, -0.25) is 0 Å². The van der Waals surface area contributed by atoms with E-state index in [-0.39, 0.29) is 11.7 Å². The van der Waals surface area contributed by atoms with E-state index in [1.165, 1.54) is 11.1 Å². The summed E-state index contributed by atoms with van der Waals surface area (Å²) in [6.45, 7) is 4.12. The molecular weight excluding hydrogens is 300 g/mol. The Hall–Kier alpha value is -2.42. The summed E-state index contributed by atoms with van der Waals surface area (Å²) in [7, 11) is 1.68. The monoisotopic (exact) mass is 322 g/mol. The fourth-order valence-electron chi connectivity index (χ4n) is 3.35. The number of hydrogen-bond acceptors (Lipinski definition) is 3. The largest absolute Gasteiger partial charge is 0.497 e. The third kappa shape index (κ3) is 2.64. The molecule has 2 aliphatic rings. The van der Waals surface area contributed by atoms with E-state index in [1.54, 1.807) is 7.11 Å². The molecule has 0 N–H and O–H groups in total. The smallest absolute Gasteiger partial charge is 0.134 e. The van der Waals surface area contributed by atoms with Crippen LogP contribution in [0.3, 0.4) is 0 Å². The third-order valence-corrected chi connectivity index (χ3v) is 4.69. The average molecular weight is 322 g/mol. The summed E-state index contributed by atoms with van der Waals surface area (Å²) in [4.78, 5) is 0. The predicted octanol–water partition coefficient (Wildman–Crippen LogP) is 4.95. The van der Waals surface area contributed by atoms with Crippen molar-refractivity contribution in [1.82, 2.24) is 0 Å². The maximum absolute atomic E-state index is 6.39. The van der Waals surface area contributed by atoms with E-state index in [2.05, 4.69) is 50.3 Å². The van der Waals surface area contributed by atoms with Gasteiger partial charge in [0.25, 0.3) is 0 Å². The number of fused-ring (bicyclic) bond motifs is 3. The first-order valence-electron chi connectivity index (χ1n) is 8.40. The van der Waals surface area contributed by atoms with Crippen LogP contribution < -0.4 is 14.2 Å². The molecule has 3 heteroatoms. The fraction of sp³-hybridized carbons (Fsp3) is 0.333. The molecule has 0 bridgehead atoms. The minimum atomic E-state index is -0.273. The number of methoxy groups -OCH3 is 1. The summed E-state index contributed by atoms with van der Waals surface area (Å²) < 4.78 is 17.7. The molecule has 124 valence electrons. The summed E-state index contributed by atoms with van der Waals surface area (Å²) in [6, 6.07) is 12.3. The van der Waals surface area contributed by atoms with E-state index < -0.39 is 0 Å². The van der Waals surface area contributed by atoms with Crippen molar-refractivity contribution in [2.75, 3.05) is 7.11 Å². The fourth-order valence-corrected chi connectivity index (χ4v) is 3.35. The predicted molar refractivity (Wildman–Crippen MR) is 94.9 cm³/mol. The van der Waals surface area contributed by atoms with Gasteiger partial charge < -0.3 is 14.2 Å². The zero-order valence-corrected chi connectivity index (χ0v) is 14.3. The lowest BCUT2D eigenvalue weighted by molar-refractivity contribution is 0.151. The van der Waals surface area contributed by atoms with Crippen LogP contribution in [0.25, 0.3) is 6.08 Å². The third-order valence-electron chi connectivity index (χ3n) is 4.69. The Morgan fingerprint density at radius 3 is 2.62 bits per heavy atom. The second-order valence-corrected chi connectivity index (χ2v) is 6.92. The summed E-state index contributed by atoms with van der Waals surface area (Å²) >= 11 is 0. The average Bonchev–Trinajstić information content (AvgIpc) is 2.60. The van der Waals surface area contributed by atoms with Crippen LogP contribution in [0, 0.1) is 0 Å². The Balaban J connectivity index is 1.67. The lowest BCUT2D eigenvalue weighted by Crippen LogP contribution is -2.28. The lowest BCUT2D eigenvalue weighted by Gasteiger charge is -2.33. The molecule has 0 spiro atoms. The summed E-state index contributed by atoms with van der Waals surface area (Å²) in [5.74, 6) is 2.73. The minimum absolute atomic E-state index is 0.0678. The molecule has 0 amide bonds. The van der Waals surface area contributed by atoms with Crippen molar-refractivity contribution in [2.24, 2.45) is 0 Å². The van der Waals surface area contributed by atoms with Gasteiger partial charge in [-0.15, -0.1) is 0 Å². The molecule has 3 nitrogen and oxygen atoms in total. The highest BCUT2D eigenvalue weighted by molar-refractivity contribution is 5.69.